The molecule has 88 valence electrons. The van der Waals surface area contributed by atoms with E-state index in [1.165, 1.54) is 0 Å². The summed E-state index contributed by atoms with van der Waals surface area (Å²) in [5.74, 6) is 1.05. The Hall–Kier alpha value is -2.17. The predicted octanol–water partition coefficient (Wildman–Crippen LogP) is 1.35. The van der Waals surface area contributed by atoms with Crippen LogP contribution in [0.5, 0.6) is 0 Å². The summed E-state index contributed by atoms with van der Waals surface area (Å²) in [6.45, 7) is 2.23. The highest BCUT2D eigenvalue weighted by Crippen LogP contribution is 1.98. The first-order chi connectivity index (χ1) is 8.25. The molecule has 0 fully saturated rings. The Morgan fingerprint density at radius 1 is 1.35 bits per heavy atom. The average molecular weight is 231 g/mol. The van der Waals surface area contributed by atoms with Gasteiger partial charge in [-0.2, -0.15) is 4.98 Å². The van der Waals surface area contributed by atoms with Crippen LogP contribution in [0.1, 0.15) is 22.1 Å². The van der Waals surface area contributed by atoms with Gasteiger partial charge in [0.2, 0.25) is 5.89 Å². The molecule has 0 spiro atoms. The van der Waals surface area contributed by atoms with E-state index in [0.29, 0.717) is 30.2 Å². The zero-order valence-corrected chi connectivity index (χ0v) is 9.51. The van der Waals surface area contributed by atoms with Gasteiger partial charge in [-0.1, -0.05) is 23.4 Å². The minimum Gasteiger partial charge on any atom is -0.352 e. The van der Waals surface area contributed by atoms with E-state index in [-0.39, 0.29) is 5.91 Å². The molecule has 5 heteroatoms. The maximum Gasteiger partial charge on any atom is 0.251 e. The van der Waals surface area contributed by atoms with Crippen LogP contribution in [-0.2, 0) is 6.42 Å². The Morgan fingerprint density at radius 3 is 2.76 bits per heavy atom. The summed E-state index contributed by atoms with van der Waals surface area (Å²) in [6, 6.07) is 9.08. The normalized spacial score (nSPS) is 10.2. The van der Waals surface area contributed by atoms with Crippen LogP contribution in [0.4, 0.5) is 0 Å². The number of carbonyl (C=O) groups is 1. The lowest BCUT2D eigenvalue weighted by Gasteiger charge is -2.02. The van der Waals surface area contributed by atoms with Gasteiger partial charge < -0.3 is 9.84 Å². The van der Waals surface area contributed by atoms with Crippen LogP contribution in [0.25, 0.3) is 0 Å². The third-order valence-corrected chi connectivity index (χ3v) is 2.24. The zero-order chi connectivity index (χ0) is 12.1. The second kappa shape index (κ2) is 5.25. The van der Waals surface area contributed by atoms with E-state index in [1.54, 1.807) is 19.1 Å². The van der Waals surface area contributed by atoms with E-state index in [4.69, 9.17) is 4.52 Å². The smallest absolute Gasteiger partial charge is 0.251 e. The second-order valence-corrected chi connectivity index (χ2v) is 3.60. The SMILES string of the molecule is Cc1nc(CCNC(=O)c2ccccc2)no1. The lowest BCUT2D eigenvalue weighted by atomic mass is 10.2. The molecule has 1 aromatic carbocycles. The fourth-order valence-electron chi connectivity index (χ4n) is 1.42. The molecule has 0 unspecified atom stereocenters. The summed E-state index contributed by atoms with van der Waals surface area (Å²) in [5, 5.41) is 6.54. The molecule has 1 aromatic heterocycles. The molecular formula is C12H13N3O2. The molecule has 0 bridgehead atoms. The van der Waals surface area contributed by atoms with E-state index >= 15 is 0 Å². The number of aryl methyl sites for hydroxylation is 1. The van der Waals surface area contributed by atoms with Gasteiger partial charge in [0.15, 0.2) is 5.82 Å². The Morgan fingerprint density at radius 2 is 2.12 bits per heavy atom. The number of aromatic nitrogens is 2. The van der Waals surface area contributed by atoms with Crippen molar-refractivity contribution in [3.63, 3.8) is 0 Å². The average Bonchev–Trinajstić information content (AvgIpc) is 2.76. The third-order valence-electron chi connectivity index (χ3n) is 2.24. The molecule has 17 heavy (non-hydrogen) atoms. The summed E-state index contributed by atoms with van der Waals surface area (Å²) in [7, 11) is 0. The number of nitrogens with one attached hydrogen (secondary N) is 1. The molecule has 0 aliphatic heterocycles. The highest BCUT2D eigenvalue weighted by atomic mass is 16.5. The topological polar surface area (TPSA) is 68.0 Å². The molecule has 0 saturated heterocycles. The highest BCUT2D eigenvalue weighted by molar-refractivity contribution is 5.94. The van der Waals surface area contributed by atoms with Crippen molar-refractivity contribution in [2.24, 2.45) is 0 Å². The lowest BCUT2D eigenvalue weighted by molar-refractivity contribution is 0.0954. The number of carbonyl (C=O) groups excluding carboxylic acids is 1. The van der Waals surface area contributed by atoms with Gasteiger partial charge >= 0.3 is 0 Å². The van der Waals surface area contributed by atoms with Gasteiger partial charge in [0.25, 0.3) is 5.91 Å². The van der Waals surface area contributed by atoms with Crippen LogP contribution in [0.3, 0.4) is 0 Å². The summed E-state index contributed by atoms with van der Waals surface area (Å²) in [4.78, 5) is 15.7. The van der Waals surface area contributed by atoms with Crippen molar-refractivity contribution in [2.75, 3.05) is 6.54 Å². The molecule has 0 atom stereocenters. The first-order valence-corrected chi connectivity index (χ1v) is 5.38. The maximum atomic E-state index is 11.7. The van der Waals surface area contributed by atoms with Crippen molar-refractivity contribution < 1.29 is 9.32 Å². The Bertz CT molecular complexity index is 493. The molecule has 0 radical (unpaired) electrons. The predicted molar refractivity (Wildman–Crippen MR) is 61.5 cm³/mol. The van der Waals surface area contributed by atoms with Crippen molar-refractivity contribution in [1.29, 1.82) is 0 Å². The Balaban J connectivity index is 1.81. The van der Waals surface area contributed by atoms with Gasteiger partial charge in [0, 0.05) is 25.5 Å². The Labute approximate surface area is 98.8 Å². The molecule has 2 aromatic rings. The highest BCUT2D eigenvalue weighted by Gasteiger charge is 2.05. The van der Waals surface area contributed by atoms with E-state index in [9.17, 15) is 4.79 Å². The van der Waals surface area contributed by atoms with Crippen LogP contribution in [0, 0.1) is 6.92 Å². The largest absolute Gasteiger partial charge is 0.352 e. The van der Waals surface area contributed by atoms with Crippen molar-refractivity contribution >= 4 is 5.91 Å². The number of hydrogen-bond donors (Lipinski definition) is 1. The summed E-state index contributed by atoms with van der Waals surface area (Å²) in [5.41, 5.74) is 0.650. The number of benzene rings is 1. The minimum absolute atomic E-state index is 0.0918. The van der Waals surface area contributed by atoms with Gasteiger partial charge in [-0.3, -0.25) is 4.79 Å². The molecule has 0 aliphatic carbocycles. The summed E-state index contributed by atoms with van der Waals surface area (Å²) < 4.78 is 4.83. The van der Waals surface area contributed by atoms with Crippen LogP contribution < -0.4 is 5.32 Å². The second-order valence-electron chi connectivity index (χ2n) is 3.60. The van der Waals surface area contributed by atoms with Gasteiger partial charge in [-0.25, -0.2) is 0 Å². The molecule has 1 heterocycles. The third kappa shape index (κ3) is 3.14. The van der Waals surface area contributed by atoms with Gasteiger partial charge in [-0.15, -0.1) is 0 Å². The first-order valence-electron chi connectivity index (χ1n) is 5.38. The first kappa shape index (κ1) is 11.3. The van der Waals surface area contributed by atoms with Crippen LogP contribution >= 0.6 is 0 Å². The van der Waals surface area contributed by atoms with Crippen molar-refractivity contribution in [2.45, 2.75) is 13.3 Å². The minimum atomic E-state index is -0.0918. The summed E-state index contributed by atoms with van der Waals surface area (Å²) in [6.07, 6.45) is 0.565. The van der Waals surface area contributed by atoms with Crippen LogP contribution in [0.2, 0.25) is 0 Å². The number of amides is 1. The Kier molecular flexibility index (Phi) is 3.49. The van der Waals surface area contributed by atoms with E-state index in [2.05, 4.69) is 15.5 Å². The zero-order valence-electron chi connectivity index (χ0n) is 9.51. The molecule has 1 amide bonds. The van der Waals surface area contributed by atoms with E-state index < -0.39 is 0 Å². The quantitative estimate of drug-likeness (QED) is 0.862. The molecule has 2 rings (SSSR count). The molecule has 1 N–H and O–H groups in total. The standard InChI is InChI=1S/C12H13N3O2/c1-9-14-11(15-17-9)7-8-13-12(16)10-5-3-2-4-6-10/h2-6H,7-8H2,1H3,(H,13,16). The van der Waals surface area contributed by atoms with Crippen molar-refractivity contribution in [3.8, 4) is 0 Å². The van der Waals surface area contributed by atoms with Crippen molar-refractivity contribution in [1.82, 2.24) is 15.5 Å². The number of nitrogens with zero attached hydrogens (tertiary/aromatic N) is 2. The summed E-state index contributed by atoms with van der Waals surface area (Å²) >= 11 is 0. The van der Waals surface area contributed by atoms with E-state index in [1.807, 2.05) is 18.2 Å². The molecule has 0 aliphatic rings. The van der Waals surface area contributed by atoms with Gasteiger partial charge in [-0.05, 0) is 12.1 Å². The fourth-order valence-corrected chi connectivity index (χ4v) is 1.42. The number of rotatable bonds is 4. The molecule has 5 nitrogen and oxygen atoms in total. The molecule has 0 saturated carbocycles. The van der Waals surface area contributed by atoms with Gasteiger partial charge in [0.1, 0.15) is 0 Å². The number of hydrogen-bond acceptors (Lipinski definition) is 4. The van der Waals surface area contributed by atoms with Gasteiger partial charge in [0.05, 0.1) is 0 Å². The lowest BCUT2D eigenvalue weighted by Crippen LogP contribution is -2.25. The maximum absolute atomic E-state index is 11.7. The fraction of sp³-hybridized carbons (Fsp3) is 0.250. The van der Waals surface area contributed by atoms with Crippen LogP contribution in [-0.4, -0.2) is 22.6 Å². The van der Waals surface area contributed by atoms with Crippen molar-refractivity contribution in [3.05, 3.63) is 47.6 Å². The van der Waals surface area contributed by atoms with Crippen LogP contribution in [0.15, 0.2) is 34.9 Å². The monoisotopic (exact) mass is 231 g/mol. The molecular weight excluding hydrogens is 218 g/mol. The van der Waals surface area contributed by atoms with E-state index in [0.717, 1.165) is 0 Å².